The molecule has 0 aromatic heterocycles. The van der Waals surface area contributed by atoms with Crippen LogP contribution < -0.4 is 10.0 Å². The highest BCUT2D eigenvalue weighted by Gasteiger charge is 2.42. The van der Waals surface area contributed by atoms with Gasteiger partial charge in [-0.05, 0) is 64.9 Å². The number of benzene rings is 5. The first-order valence-electron chi connectivity index (χ1n) is 11.4. The molecule has 0 amide bonds. The van der Waals surface area contributed by atoms with Gasteiger partial charge in [0.25, 0.3) is 0 Å². The minimum Gasteiger partial charge on any atom is -0.494 e. The highest BCUT2D eigenvalue weighted by atomic mass is 31.2. The van der Waals surface area contributed by atoms with Gasteiger partial charge in [0.1, 0.15) is 5.75 Å². The Morgan fingerprint density at radius 1 is 0.629 bits per heavy atom. The number of carbonyl (C=O) groups is 2. The van der Waals surface area contributed by atoms with Crippen LogP contribution in [-0.2, 0) is 4.57 Å². The summed E-state index contributed by atoms with van der Waals surface area (Å²) in [5.74, 6) is 0.583. The molecule has 5 aromatic rings. The lowest BCUT2D eigenvalue weighted by Gasteiger charge is -2.18. The molecule has 4 nitrogen and oxygen atoms in total. The maximum absolute atomic E-state index is 14.6. The van der Waals surface area contributed by atoms with Crippen molar-refractivity contribution in [3.05, 3.63) is 120 Å². The Balaban J connectivity index is 1.65. The minimum absolute atomic E-state index is 0.192. The topological polar surface area (TPSA) is 60.4 Å². The van der Waals surface area contributed by atoms with Gasteiger partial charge in [-0.1, -0.05) is 72.8 Å². The van der Waals surface area contributed by atoms with E-state index in [0.717, 1.165) is 21.5 Å². The van der Waals surface area contributed by atoms with Crippen molar-refractivity contribution in [1.82, 2.24) is 0 Å². The summed E-state index contributed by atoms with van der Waals surface area (Å²) in [4.78, 5) is 27.8. The number of ether oxygens (including phenoxy) is 1. The molecule has 0 radical (unpaired) electrons. The molecule has 5 aromatic carbocycles. The molecule has 5 heteroatoms. The maximum atomic E-state index is 14.6. The second-order valence-electron chi connectivity index (χ2n) is 8.27. The van der Waals surface area contributed by atoms with Crippen LogP contribution in [0.25, 0.3) is 21.5 Å². The van der Waals surface area contributed by atoms with Crippen LogP contribution in [0.15, 0.2) is 109 Å². The molecule has 0 heterocycles. The SMILES string of the molecule is CCOc1ccc(P(=O)(C(=O)c2ccc3ccccc3c2)C(=O)c2ccc3ccccc3c2)cc1. The van der Waals surface area contributed by atoms with Crippen molar-refractivity contribution >= 4 is 45.0 Å². The Morgan fingerprint density at radius 3 is 1.54 bits per heavy atom. The molecular weight excluding hydrogens is 455 g/mol. The monoisotopic (exact) mass is 478 g/mol. The summed E-state index contributed by atoms with van der Waals surface area (Å²) in [7, 11) is -4.23. The third-order valence-electron chi connectivity index (χ3n) is 6.08. The van der Waals surface area contributed by atoms with Crippen LogP contribution in [0, 0.1) is 0 Å². The number of carbonyl (C=O) groups excluding carboxylic acids is 2. The molecule has 0 aliphatic carbocycles. The highest BCUT2D eigenvalue weighted by Crippen LogP contribution is 2.51. The quantitative estimate of drug-likeness (QED) is 0.235. The van der Waals surface area contributed by atoms with Crippen LogP contribution in [0.3, 0.4) is 0 Å². The first-order valence-corrected chi connectivity index (χ1v) is 13.1. The summed E-state index contributed by atoms with van der Waals surface area (Å²) in [5.41, 5.74) is -0.860. The van der Waals surface area contributed by atoms with Gasteiger partial charge < -0.3 is 9.30 Å². The predicted octanol–water partition coefficient (Wildman–Crippen LogP) is 7.06. The fourth-order valence-electron chi connectivity index (χ4n) is 4.25. The van der Waals surface area contributed by atoms with Gasteiger partial charge in [0.2, 0.25) is 18.2 Å². The van der Waals surface area contributed by atoms with Crippen LogP contribution >= 0.6 is 7.14 Å². The van der Waals surface area contributed by atoms with E-state index in [-0.39, 0.29) is 16.4 Å². The largest absolute Gasteiger partial charge is 0.494 e. The zero-order valence-electron chi connectivity index (χ0n) is 19.2. The van der Waals surface area contributed by atoms with Gasteiger partial charge in [0.15, 0.2) is 0 Å². The van der Waals surface area contributed by atoms with Crippen molar-refractivity contribution < 1.29 is 18.9 Å². The zero-order valence-corrected chi connectivity index (χ0v) is 20.1. The molecule has 172 valence electrons. The number of rotatable bonds is 7. The van der Waals surface area contributed by atoms with Gasteiger partial charge in [-0.2, -0.15) is 0 Å². The van der Waals surface area contributed by atoms with Crippen LogP contribution in [0.1, 0.15) is 27.6 Å². The molecule has 0 unspecified atom stereocenters. The third kappa shape index (κ3) is 4.18. The van der Waals surface area contributed by atoms with Crippen LogP contribution in [0.2, 0.25) is 0 Å². The summed E-state index contributed by atoms with van der Waals surface area (Å²) in [6.07, 6.45) is 0. The van der Waals surface area contributed by atoms with Crippen LogP contribution in [0.4, 0.5) is 0 Å². The Morgan fingerprint density at radius 2 is 1.09 bits per heavy atom. The van der Waals surface area contributed by atoms with Gasteiger partial charge in [0.05, 0.1) is 6.61 Å². The Bertz CT molecular complexity index is 1520. The molecule has 0 fully saturated rings. The predicted molar refractivity (Wildman–Crippen MR) is 141 cm³/mol. The molecule has 35 heavy (non-hydrogen) atoms. The number of hydrogen-bond acceptors (Lipinski definition) is 4. The molecular formula is C30H23O4P. The molecule has 0 N–H and O–H groups in total. The summed E-state index contributed by atoms with van der Waals surface area (Å²) in [6, 6.07) is 32.0. The summed E-state index contributed by atoms with van der Waals surface area (Å²) < 4.78 is 20.1. The van der Waals surface area contributed by atoms with Crippen LogP contribution in [0.5, 0.6) is 5.75 Å². The van der Waals surface area contributed by atoms with Gasteiger partial charge in [-0.25, -0.2) is 0 Å². The summed E-state index contributed by atoms with van der Waals surface area (Å²) >= 11 is 0. The van der Waals surface area contributed by atoms with Crippen molar-refractivity contribution in [3.63, 3.8) is 0 Å². The Kier molecular flexibility index (Phi) is 6.07. The second-order valence-corrected chi connectivity index (χ2v) is 10.8. The molecule has 0 saturated carbocycles. The van der Waals surface area contributed by atoms with Crippen molar-refractivity contribution in [1.29, 1.82) is 0 Å². The number of hydrogen-bond donors (Lipinski definition) is 0. The lowest BCUT2D eigenvalue weighted by molar-refractivity contribution is 0.104. The minimum atomic E-state index is -4.23. The van der Waals surface area contributed by atoms with Gasteiger partial charge in [-0.15, -0.1) is 0 Å². The molecule has 0 saturated heterocycles. The molecule has 0 aliphatic rings. The van der Waals surface area contributed by atoms with E-state index < -0.39 is 18.2 Å². The van der Waals surface area contributed by atoms with Crippen molar-refractivity contribution in [2.24, 2.45) is 0 Å². The smallest absolute Gasteiger partial charge is 0.248 e. The van der Waals surface area contributed by atoms with Crippen LogP contribution in [-0.4, -0.2) is 17.7 Å². The third-order valence-corrected chi connectivity index (χ3v) is 8.76. The van der Waals surface area contributed by atoms with Gasteiger partial charge in [-0.3, -0.25) is 9.59 Å². The molecule has 0 spiro atoms. The lowest BCUT2D eigenvalue weighted by Crippen LogP contribution is -2.20. The Labute approximate surface area is 203 Å². The second kappa shape index (κ2) is 9.32. The average Bonchev–Trinajstić information content (AvgIpc) is 2.91. The standard InChI is InChI=1S/C30H23O4P/c1-2-34-27-15-17-28(18-16-27)35(33,29(31)25-13-11-21-7-3-5-9-23(21)19-25)30(32)26-14-12-22-8-4-6-10-24(22)20-26/h3-20H,2H2,1H3. The molecule has 0 atom stereocenters. The zero-order chi connectivity index (χ0) is 24.4. The normalized spacial score (nSPS) is 11.5. The van der Waals surface area contributed by atoms with E-state index in [0.29, 0.717) is 12.4 Å². The summed E-state index contributed by atoms with van der Waals surface area (Å²) in [6.45, 7) is 2.34. The first-order chi connectivity index (χ1) is 17.0. The first kappa shape index (κ1) is 22.8. The molecule has 0 bridgehead atoms. The van der Waals surface area contributed by atoms with Crippen molar-refractivity contribution in [2.75, 3.05) is 6.61 Å². The van der Waals surface area contributed by atoms with Gasteiger partial charge >= 0.3 is 0 Å². The average molecular weight is 478 g/mol. The van der Waals surface area contributed by atoms with E-state index >= 15 is 0 Å². The van der Waals surface area contributed by atoms with E-state index in [9.17, 15) is 14.2 Å². The van der Waals surface area contributed by atoms with E-state index in [4.69, 9.17) is 4.74 Å². The van der Waals surface area contributed by atoms with Gasteiger partial charge in [0, 0.05) is 16.4 Å². The summed E-state index contributed by atoms with van der Waals surface area (Å²) in [5, 5.41) is 3.79. The number of fused-ring (bicyclic) bond motifs is 2. The van der Waals surface area contributed by atoms with Crippen molar-refractivity contribution in [2.45, 2.75) is 6.92 Å². The highest BCUT2D eigenvalue weighted by molar-refractivity contribution is 8.01. The van der Waals surface area contributed by atoms with Crippen molar-refractivity contribution in [3.8, 4) is 5.75 Å². The molecule has 5 rings (SSSR count). The van der Waals surface area contributed by atoms with E-state index in [1.165, 1.54) is 0 Å². The Hall–Kier alpha value is -4.01. The maximum Gasteiger partial charge on any atom is 0.248 e. The molecule has 0 aliphatic heterocycles. The van der Waals surface area contributed by atoms with E-state index in [1.54, 1.807) is 48.5 Å². The fourth-order valence-corrected chi connectivity index (χ4v) is 6.48. The fraction of sp³-hybridized carbons (Fsp3) is 0.0667. The van der Waals surface area contributed by atoms with E-state index in [1.807, 2.05) is 67.6 Å². The van der Waals surface area contributed by atoms with E-state index in [2.05, 4.69) is 0 Å². The lowest BCUT2D eigenvalue weighted by atomic mass is 10.1.